The molecule has 0 saturated carbocycles. The molecule has 0 aliphatic rings. The van der Waals surface area contributed by atoms with Gasteiger partial charge in [-0.1, -0.05) is 13.8 Å². The summed E-state index contributed by atoms with van der Waals surface area (Å²) >= 11 is 0. The van der Waals surface area contributed by atoms with E-state index in [4.69, 9.17) is 0 Å². The molecule has 1 rings (SSSR count). The highest BCUT2D eigenvalue weighted by Gasteiger charge is 2.09. The van der Waals surface area contributed by atoms with Crippen molar-refractivity contribution in [2.45, 2.75) is 26.8 Å². The Kier molecular flexibility index (Phi) is 5.49. The summed E-state index contributed by atoms with van der Waals surface area (Å²) in [5.74, 6) is 1.10. The topological polar surface area (TPSA) is 33.1 Å². The van der Waals surface area contributed by atoms with Gasteiger partial charge in [0.2, 0.25) is 0 Å². The van der Waals surface area contributed by atoms with Gasteiger partial charge in [0.05, 0.1) is 6.04 Å². The van der Waals surface area contributed by atoms with E-state index in [9.17, 15) is 0 Å². The van der Waals surface area contributed by atoms with Gasteiger partial charge in [-0.25, -0.2) is 4.98 Å². The summed E-state index contributed by atoms with van der Waals surface area (Å²) in [4.78, 5) is 6.76. The molecular formula is C12H24N4. The van der Waals surface area contributed by atoms with Crippen LogP contribution < -0.4 is 5.32 Å². The second kappa shape index (κ2) is 6.66. The Morgan fingerprint density at radius 2 is 2.12 bits per heavy atom. The molecule has 4 heteroatoms. The number of nitrogens with one attached hydrogen (secondary N) is 1. The summed E-state index contributed by atoms with van der Waals surface area (Å²) in [6.45, 7) is 10.9. The highest BCUT2D eigenvalue weighted by molar-refractivity contribution is 4.96. The van der Waals surface area contributed by atoms with Gasteiger partial charge in [0, 0.05) is 32.5 Å². The average Bonchev–Trinajstić information content (AvgIpc) is 2.70. The number of hydrogen-bond donors (Lipinski definition) is 1. The zero-order chi connectivity index (χ0) is 12.0. The van der Waals surface area contributed by atoms with E-state index in [0.29, 0.717) is 6.04 Å². The Morgan fingerprint density at radius 3 is 2.62 bits per heavy atom. The molecule has 0 aliphatic heterocycles. The van der Waals surface area contributed by atoms with Crippen molar-refractivity contribution in [3.05, 3.63) is 18.2 Å². The van der Waals surface area contributed by atoms with Gasteiger partial charge in [-0.15, -0.1) is 0 Å². The first-order valence-corrected chi connectivity index (χ1v) is 6.12. The number of hydrogen-bond acceptors (Lipinski definition) is 3. The SMILES string of the molecule is CCN(CC)CCN[C@@H](C)c1nccn1C. The van der Waals surface area contributed by atoms with Gasteiger partial charge in [0.1, 0.15) is 5.82 Å². The first-order valence-electron chi connectivity index (χ1n) is 6.12. The van der Waals surface area contributed by atoms with E-state index < -0.39 is 0 Å². The predicted octanol–water partition coefficient (Wildman–Crippen LogP) is 1.41. The number of rotatable bonds is 7. The van der Waals surface area contributed by atoms with Gasteiger partial charge >= 0.3 is 0 Å². The van der Waals surface area contributed by atoms with Crippen LogP contribution in [0.3, 0.4) is 0 Å². The Balaban J connectivity index is 2.30. The van der Waals surface area contributed by atoms with Crippen molar-refractivity contribution in [3.63, 3.8) is 0 Å². The van der Waals surface area contributed by atoms with Gasteiger partial charge in [-0.05, 0) is 20.0 Å². The minimum Gasteiger partial charge on any atom is -0.337 e. The standard InChI is InChI=1S/C12H24N4/c1-5-16(6-2)10-8-13-11(3)12-14-7-9-15(12)4/h7,9,11,13H,5-6,8,10H2,1-4H3/t11-/m0/s1. The molecule has 1 heterocycles. The van der Waals surface area contributed by atoms with E-state index in [2.05, 4.69) is 40.5 Å². The number of imidazole rings is 1. The molecule has 0 bridgehead atoms. The second-order valence-corrected chi connectivity index (χ2v) is 4.10. The molecule has 16 heavy (non-hydrogen) atoms. The van der Waals surface area contributed by atoms with Crippen molar-refractivity contribution in [1.29, 1.82) is 0 Å². The van der Waals surface area contributed by atoms with E-state index in [-0.39, 0.29) is 0 Å². The fourth-order valence-corrected chi connectivity index (χ4v) is 1.86. The molecule has 1 atom stereocenters. The fraction of sp³-hybridized carbons (Fsp3) is 0.750. The highest BCUT2D eigenvalue weighted by atomic mass is 15.1. The van der Waals surface area contributed by atoms with Gasteiger partial charge in [-0.3, -0.25) is 0 Å². The van der Waals surface area contributed by atoms with Crippen LogP contribution in [0.2, 0.25) is 0 Å². The molecule has 0 saturated heterocycles. The molecule has 92 valence electrons. The average molecular weight is 224 g/mol. The zero-order valence-electron chi connectivity index (χ0n) is 10.9. The van der Waals surface area contributed by atoms with Crippen LogP contribution in [0.5, 0.6) is 0 Å². The second-order valence-electron chi connectivity index (χ2n) is 4.10. The number of likely N-dealkylation sites (N-methyl/N-ethyl adjacent to an activating group) is 1. The lowest BCUT2D eigenvalue weighted by Crippen LogP contribution is -2.33. The largest absolute Gasteiger partial charge is 0.337 e. The third-order valence-electron chi connectivity index (χ3n) is 3.02. The molecule has 1 aromatic rings. The third-order valence-corrected chi connectivity index (χ3v) is 3.02. The summed E-state index contributed by atoms with van der Waals surface area (Å²) in [7, 11) is 2.03. The van der Waals surface area contributed by atoms with Crippen LogP contribution in [0.15, 0.2) is 12.4 Å². The Bertz CT molecular complexity index is 291. The summed E-state index contributed by atoms with van der Waals surface area (Å²) < 4.78 is 2.06. The molecule has 1 aromatic heterocycles. The van der Waals surface area contributed by atoms with Crippen LogP contribution in [-0.2, 0) is 7.05 Å². The smallest absolute Gasteiger partial charge is 0.125 e. The maximum atomic E-state index is 4.34. The monoisotopic (exact) mass is 224 g/mol. The van der Waals surface area contributed by atoms with Crippen molar-refractivity contribution in [2.24, 2.45) is 7.05 Å². The molecule has 0 aromatic carbocycles. The zero-order valence-corrected chi connectivity index (χ0v) is 10.9. The van der Waals surface area contributed by atoms with Crippen molar-refractivity contribution in [2.75, 3.05) is 26.2 Å². The highest BCUT2D eigenvalue weighted by Crippen LogP contribution is 2.07. The minimum atomic E-state index is 0.315. The Hall–Kier alpha value is -0.870. The molecule has 0 spiro atoms. The van der Waals surface area contributed by atoms with Crippen LogP contribution in [0.1, 0.15) is 32.6 Å². The van der Waals surface area contributed by atoms with Crippen LogP contribution in [0.4, 0.5) is 0 Å². The Morgan fingerprint density at radius 1 is 1.44 bits per heavy atom. The molecule has 0 aliphatic carbocycles. The quantitative estimate of drug-likeness (QED) is 0.760. The summed E-state index contributed by atoms with van der Waals surface area (Å²) in [5.41, 5.74) is 0. The van der Waals surface area contributed by atoms with E-state index >= 15 is 0 Å². The lowest BCUT2D eigenvalue weighted by Gasteiger charge is -2.20. The van der Waals surface area contributed by atoms with Crippen LogP contribution in [-0.4, -0.2) is 40.6 Å². The number of aromatic nitrogens is 2. The van der Waals surface area contributed by atoms with Gasteiger partial charge in [0.15, 0.2) is 0 Å². The van der Waals surface area contributed by atoms with Gasteiger partial charge in [0.25, 0.3) is 0 Å². The number of nitrogens with zero attached hydrogens (tertiary/aromatic N) is 3. The molecule has 0 unspecified atom stereocenters. The molecule has 4 nitrogen and oxygen atoms in total. The summed E-state index contributed by atoms with van der Waals surface area (Å²) in [6, 6.07) is 0.315. The minimum absolute atomic E-state index is 0.315. The summed E-state index contributed by atoms with van der Waals surface area (Å²) in [6.07, 6.45) is 3.83. The molecule has 1 N–H and O–H groups in total. The molecular weight excluding hydrogens is 200 g/mol. The predicted molar refractivity (Wildman–Crippen MR) is 67.4 cm³/mol. The normalized spacial score (nSPS) is 13.3. The Labute approximate surface area is 98.7 Å². The first-order chi connectivity index (χ1) is 7.69. The molecule has 0 amide bonds. The lowest BCUT2D eigenvalue weighted by molar-refractivity contribution is 0.296. The fourth-order valence-electron chi connectivity index (χ4n) is 1.86. The van der Waals surface area contributed by atoms with E-state index in [1.807, 2.05) is 19.4 Å². The van der Waals surface area contributed by atoms with E-state index in [0.717, 1.165) is 32.0 Å². The van der Waals surface area contributed by atoms with Gasteiger partial charge in [-0.2, -0.15) is 0 Å². The maximum absolute atomic E-state index is 4.34. The van der Waals surface area contributed by atoms with Crippen molar-refractivity contribution in [1.82, 2.24) is 19.8 Å². The van der Waals surface area contributed by atoms with E-state index in [1.165, 1.54) is 0 Å². The summed E-state index contributed by atoms with van der Waals surface area (Å²) in [5, 5.41) is 3.50. The van der Waals surface area contributed by atoms with Crippen LogP contribution >= 0.6 is 0 Å². The lowest BCUT2D eigenvalue weighted by atomic mass is 10.3. The third kappa shape index (κ3) is 3.61. The first kappa shape index (κ1) is 13.2. The van der Waals surface area contributed by atoms with E-state index in [1.54, 1.807) is 0 Å². The van der Waals surface area contributed by atoms with Crippen LogP contribution in [0.25, 0.3) is 0 Å². The molecule has 0 radical (unpaired) electrons. The maximum Gasteiger partial charge on any atom is 0.125 e. The van der Waals surface area contributed by atoms with Crippen molar-refractivity contribution < 1.29 is 0 Å². The number of aryl methyl sites for hydroxylation is 1. The van der Waals surface area contributed by atoms with Gasteiger partial charge < -0.3 is 14.8 Å². The van der Waals surface area contributed by atoms with Crippen molar-refractivity contribution in [3.8, 4) is 0 Å². The molecule has 0 fully saturated rings. The van der Waals surface area contributed by atoms with Crippen LogP contribution in [0, 0.1) is 0 Å². The van der Waals surface area contributed by atoms with Crippen molar-refractivity contribution >= 4 is 0 Å².